The van der Waals surface area contributed by atoms with Gasteiger partial charge in [0.2, 0.25) is 0 Å². The summed E-state index contributed by atoms with van der Waals surface area (Å²) in [6.45, 7) is 0. The van der Waals surface area contributed by atoms with Crippen LogP contribution in [0.3, 0.4) is 0 Å². The SMILES string of the molecule is c1cncc(-c2ccc3c(c2)Oc2ccccc2C3=C2CC3CCC(C2)N3)c1. The standard InChI is InChI=1S/C25H22N2O/c1-2-6-23-21(5-1)25(18-12-19-8-9-20(13-18)27-19)22-10-7-16(14-24(22)28-23)17-4-3-11-26-15-17/h1-7,10-11,14-15,19-20,27H,8-9,12-13H2. The number of ether oxygens (including phenoxy) is 1. The highest BCUT2D eigenvalue weighted by molar-refractivity contribution is 5.91. The highest BCUT2D eigenvalue weighted by atomic mass is 16.5. The average molecular weight is 366 g/mol. The number of benzene rings is 2. The van der Waals surface area contributed by atoms with Crippen LogP contribution in [-0.4, -0.2) is 17.1 Å². The van der Waals surface area contributed by atoms with E-state index in [0.717, 1.165) is 35.5 Å². The quantitative estimate of drug-likeness (QED) is 0.478. The molecule has 3 nitrogen and oxygen atoms in total. The van der Waals surface area contributed by atoms with E-state index in [0.29, 0.717) is 12.1 Å². The van der Waals surface area contributed by atoms with E-state index in [1.165, 1.54) is 29.5 Å². The first-order valence-electron chi connectivity index (χ1n) is 10.2. The van der Waals surface area contributed by atoms with Gasteiger partial charge in [-0.2, -0.15) is 0 Å². The fourth-order valence-corrected chi connectivity index (χ4v) is 5.04. The Balaban J connectivity index is 1.53. The molecule has 4 heterocycles. The Morgan fingerprint density at radius 1 is 0.821 bits per heavy atom. The summed E-state index contributed by atoms with van der Waals surface area (Å²) in [5, 5.41) is 3.77. The Morgan fingerprint density at radius 3 is 2.46 bits per heavy atom. The zero-order valence-electron chi connectivity index (χ0n) is 15.7. The number of pyridine rings is 1. The Morgan fingerprint density at radius 2 is 1.64 bits per heavy atom. The van der Waals surface area contributed by atoms with Gasteiger partial charge in [-0.3, -0.25) is 4.98 Å². The molecule has 2 bridgehead atoms. The number of nitrogens with zero attached hydrogens (tertiary/aromatic N) is 1. The van der Waals surface area contributed by atoms with Crippen LogP contribution in [0, 0.1) is 0 Å². The minimum atomic E-state index is 0.634. The van der Waals surface area contributed by atoms with Crippen LogP contribution in [0.1, 0.15) is 36.8 Å². The maximum atomic E-state index is 6.36. The van der Waals surface area contributed by atoms with Gasteiger partial charge in [0.05, 0.1) is 0 Å². The van der Waals surface area contributed by atoms with Crippen LogP contribution in [0.15, 0.2) is 72.6 Å². The summed E-state index contributed by atoms with van der Waals surface area (Å²) in [5.41, 5.74) is 7.69. The summed E-state index contributed by atoms with van der Waals surface area (Å²) < 4.78 is 6.36. The van der Waals surface area contributed by atoms with Crippen LogP contribution in [0.5, 0.6) is 11.5 Å². The first-order chi connectivity index (χ1) is 13.8. The predicted molar refractivity (Wildman–Crippen MR) is 111 cm³/mol. The minimum Gasteiger partial charge on any atom is -0.456 e. The summed E-state index contributed by atoms with van der Waals surface area (Å²) in [5.74, 6) is 1.92. The lowest BCUT2D eigenvalue weighted by Gasteiger charge is -2.30. The van der Waals surface area contributed by atoms with Crippen LogP contribution in [0.2, 0.25) is 0 Å². The molecule has 3 aliphatic rings. The van der Waals surface area contributed by atoms with Crippen molar-refractivity contribution in [3.05, 3.63) is 83.7 Å². The molecule has 28 heavy (non-hydrogen) atoms. The second-order valence-corrected chi connectivity index (χ2v) is 8.08. The second-order valence-electron chi connectivity index (χ2n) is 8.08. The van der Waals surface area contributed by atoms with Crippen LogP contribution in [0.4, 0.5) is 0 Å². The van der Waals surface area contributed by atoms with Gasteiger partial charge in [0.25, 0.3) is 0 Å². The number of para-hydroxylation sites is 1. The lowest BCUT2D eigenvalue weighted by Crippen LogP contribution is -2.35. The predicted octanol–water partition coefficient (Wildman–Crippen LogP) is 5.57. The van der Waals surface area contributed by atoms with Crippen molar-refractivity contribution in [1.82, 2.24) is 10.3 Å². The van der Waals surface area contributed by atoms with Crippen molar-refractivity contribution < 1.29 is 4.74 Å². The van der Waals surface area contributed by atoms with Crippen molar-refractivity contribution in [2.45, 2.75) is 37.8 Å². The highest BCUT2D eigenvalue weighted by Crippen LogP contribution is 2.48. The Bertz CT molecular complexity index is 1070. The molecule has 2 saturated heterocycles. The van der Waals surface area contributed by atoms with Gasteiger partial charge >= 0.3 is 0 Å². The molecule has 0 aliphatic carbocycles. The summed E-state index contributed by atoms with van der Waals surface area (Å²) in [4.78, 5) is 4.26. The number of piperidine rings is 1. The zero-order chi connectivity index (χ0) is 18.5. The van der Waals surface area contributed by atoms with Crippen LogP contribution >= 0.6 is 0 Å². The number of rotatable bonds is 1. The number of aromatic nitrogens is 1. The lowest BCUT2D eigenvalue weighted by molar-refractivity contribution is 0.465. The van der Waals surface area contributed by atoms with E-state index < -0.39 is 0 Å². The molecular formula is C25H22N2O. The van der Waals surface area contributed by atoms with Crippen molar-refractivity contribution in [2.24, 2.45) is 0 Å². The first kappa shape index (κ1) is 16.1. The zero-order valence-corrected chi connectivity index (χ0v) is 15.7. The fraction of sp³-hybridized carbons (Fsp3) is 0.240. The number of hydrogen-bond donors (Lipinski definition) is 1. The molecule has 0 saturated carbocycles. The van der Waals surface area contributed by atoms with Gasteiger partial charge in [-0.15, -0.1) is 0 Å². The van der Waals surface area contributed by atoms with Crippen LogP contribution in [0.25, 0.3) is 16.7 Å². The van der Waals surface area contributed by atoms with Gasteiger partial charge in [0.15, 0.2) is 0 Å². The number of fused-ring (bicyclic) bond motifs is 4. The number of hydrogen-bond acceptors (Lipinski definition) is 3. The molecule has 1 N–H and O–H groups in total. The van der Waals surface area contributed by atoms with Gasteiger partial charge in [-0.25, -0.2) is 0 Å². The highest BCUT2D eigenvalue weighted by Gasteiger charge is 2.34. The van der Waals surface area contributed by atoms with E-state index in [2.05, 4.69) is 58.8 Å². The Labute approximate surface area is 165 Å². The molecular weight excluding hydrogens is 344 g/mol. The second kappa shape index (κ2) is 6.32. The van der Waals surface area contributed by atoms with E-state index in [1.807, 2.05) is 18.5 Å². The molecule has 2 fully saturated rings. The van der Waals surface area contributed by atoms with Gasteiger partial charge < -0.3 is 10.1 Å². The molecule has 2 atom stereocenters. The fourth-order valence-electron chi connectivity index (χ4n) is 5.04. The minimum absolute atomic E-state index is 0.634. The molecule has 3 aromatic rings. The molecule has 0 amide bonds. The molecule has 6 rings (SSSR count). The normalized spacial score (nSPS) is 22.4. The van der Waals surface area contributed by atoms with E-state index >= 15 is 0 Å². The van der Waals surface area contributed by atoms with Gasteiger partial charge in [-0.05, 0) is 61.1 Å². The topological polar surface area (TPSA) is 34.1 Å². The molecule has 138 valence electrons. The van der Waals surface area contributed by atoms with Crippen molar-refractivity contribution in [3.8, 4) is 22.6 Å². The van der Waals surface area contributed by atoms with Crippen molar-refractivity contribution in [2.75, 3.05) is 0 Å². The largest absolute Gasteiger partial charge is 0.456 e. The van der Waals surface area contributed by atoms with Crippen molar-refractivity contribution in [1.29, 1.82) is 0 Å². The summed E-state index contributed by atoms with van der Waals surface area (Å²) in [6, 6.07) is 20.4. The smallest absolute Gasteiger partial charge is 0.135 e. The lowest BCUT2D eigenvalue weighted by atomic mass is 9.84. The van der Waals surface area contributed by atoms with E-state index in [-0.39, 0.29) is 0 Å². The third-order valence-corrected chi connectivity index (χ3v) is 6.30. The van der Waals surface area contributed by atoms with Crippen molar-refractivity contribution >= 4 is 5.57 Å². The van der Waals surface area contributed by atoms with Gasteiger partial charge in [0.1, 0.15) is 11.5 Å². The maximum absolute atomic E-state index is 6.36. The molecule has 3 heteroatoms. The molecule has 0 radical (unpaired) electrons. The van der Waals surface area contributed by atoms with E-state index in [9.17, 15) is 0 Å². The monoisotopic (exact) mass is 366 g/mol. The molecule has 0 spiro atoms. The third-order valence-electron chi connectivity index (χ3n) is 6.30. The Kier molecular flexibility index (Phi) is 3.63. The average Bonchev–Trinajstić information content (AvgIpc) is 3.09. The first-order valence-corrected chi connectivity index (χ1v) is 10.2. The van der Waals surface area contributed by atoms with E-state index in [4.69, 9.17) is 4.74 Å². The molecule has 2 aromatic carbocycles. The summed E-state index contributed by atoms with van der Waals surface area (Å²) in [6.07, 6.45) is 8.59. The summed E-state index contributed by atoms with van der Waals surface area (Å²) >= 11 is 0. The van der Waals surface area contributed by atoms with Gasteiger partial charge in [-0.1, -0.05) is 35.9 Å². The van der Waals surface area contributed by atoms with Gasteiger partial charge in [0, 0.05) is 41.2 Å². The molecule has 1 aromatic heterocycles. The summed E-state index contributed by atoms with van der Waals surface area (Å²) in [7, 11) is 0. The number of nitrogens with one attached hydrogen (secondary N) is 1. The molecule has 2 unspecified atom stereocenters. The maximum Gasteiger partial charge on any atom is 0.135 e. The van der Waals surface area contributed by atoms with Crippen LogP contribution < -0.4 is 10.1 Å². The van der Waals surface area contributed by atoms with E-state index in [1.54, 1.807) is 5.57 Å². The van der Waals surface area contributed by atoms with Crippen LogP contribution in [-0.2, 0) is 0 Å². The molecule has 3 aliphatic heterocycles. The third kappa shape index (κ3) is 2.58. The van der Waals surface area contributed by atoms with Crippen molar-refractivity contribution in [3.63, 3.8) is 0 Å². The Hall–Kier alpha value is -2.91.